The van der Waals surface area contributed by atoms with Gasteiger partial charge in [0, 0.05) is 6.07 Å². The second-order valence-electron chi connectivity index (χ2n) is 2.28. The van der Waals surface area contributed by atoms with Gasteiger partial charge in [-0.15, -0.1) is 0 Å². The highest BCUT2D eigenvalue weighted by atomic mass is 16.5. The number of aliphatic hydroxyl groups is 1. The Kier molecular flexibility index (Phi) is 1.18. The van der Waals surface area contributed by atoms with Crippen LogP contribution >= 0.6 is 0 Å². The third kappa shape index (κ3) is 0.806. The normalized spacial score (nSPS) is 21.2. The van der Waals surface area contributed by atoms with Crippen molar-refractivity contribution in [3.05, 3.63) is 29.5 Å². The zero-order valence-corrected chi connectivity index (χ0v) is 5.61. The van der Waals surface area contributed by atoms with E-state index in [1.165, 1.54) is 0 Å². The molecular formula is C7H6N2O2. The summed E-state index contributed by atoms with van der Waals surface area (Å²) in [4.78, 5) is 3.66. The number of quaternary nitrogens is 1. The van der Waals surface area contributed by atoms with Crippen LogP contribution < -0.4 is 5.06 Å². The molecule has 1 atom stereocenters. The number of amidine groups is 1. The molecule has 11 heavy (non-hydrogen) atoms. The minimum Gasteiger partial charge on any atom is -0.620 e. The molecule has 0 spiro atoms. The number of benzene rings is 1. The van der Waals surface area contributed by atoms with Crippen molar-refractivity contribution >= 4 is 17.4 Å². The summed E-state index contributed by atoms with van der Waals surface area (Å²) in [5.74, 6) is 0. The molecule has 0 radical (unpaired) electrons. The monoisotopic (exact) mass is 150 g/mol. The van der Waals surface area contributed by atoms with Gasteiger partial charge < -0.3 is 10.3 Å². The lowest BCUT2D eigenvalue weighted by atomic mass is 10.3. The molecule has 56 valence electrons. The predicted molar refractivity (Wildman–Crippen MR) is 40.2 cm³/mol. The van der Waals surface area contributed by atoms with Crippen molar-refractivity contribution < 1.29 is 10.2 Å². The van der Waals surface area contributed by atoms with Crippen LogP contribution in [0, 0.1) is 5.21 Å². The standard InChI is InChI=1S/C7H6N2O2/c10-7-8-5-3-1-2-4-6(5)9(7)11/h1-4,9H,(H,8,10). The smallest absolute Gasteiger partial charge is 0.400 e. The fourth-order valence-electron chi connectivity index (χ4n) is 1.05. The van der Waals surface area contributed by atoms with E-state index in [1.54, 1.807) is 24.3 Å². The number of aliphatic hydroxyl groups excluding tert-OH is 1. The third-order valence-electron chi connectivity index (χ3n) is 1.58. The molecule has 0 aromatic heterocycles. The quantitative estimate of drug-likeness (QED) is 0.521. The first-order valence-corrected chi connectivity index (χ1v) is 3.20. The van der Waals surface area contributed by atoms with Crippen molar-refractivity contribution in [1.29, 1.82) is 0 Å². The molecule has 0 amide bonds. The van der Waals surface area contributed by atoms with Crippen LogP contribution in [0.4, 0.5) is 11.4 Å². The topological polar surface area (TPSA) is 60.1 Å². The van der Waals surface area contributed by atoms with E-state index in [2.05, 4.69) is 4.99 Å². The van der Waals surface area contributed by atoms with E-state index in [1.807, 2.05) is 0 Å². The highest BCUT2D eigenvalue weighted by Gasteiger charge is 2.21. The lowest BCUT2D eigenvalue weighted by Gasteiger charge is -2.11. The van der Waals surface area contributed by atoms with Gasteiger partial charge in [-0.2, -0.15) is 4.99 Å². The Hall–Kier alpha value is -1.39. The molecule has 2 rings (SSSR count). The number of hydrogen-bond donors (Lipinski definition) is 2. The lowest BCUT2D eigenvalue weighted by Crippen LogP contribution is -3.04. The summed E-state index contributed by atoms with van der Waals surface area (Å²) in [6.45, 7) is 0. The second kappa shape index (κ2) is 2.05. The maximum absolute atomic E-state index is 11.0. The molecule has 0 fully saturated rings. The molecule has 0 aliphatic carbocycles. The molecule has 2 N–H and O–H groups in total. The van der Waals surface area contributed by atoms with E-state index in [-0.39, 0.29) is 5.06 Å². The first-order chi connectivity index (χ1) is 5.29. The highest BCUT2D eigenvalue weighted by molar-refractivity contribution is 5.79. The zero-order chi connectivity index (χ0) is 7.84. The molecule has 0 saturated carbocycles. The number of hydroxylamine groups is 1. The van der Waals surface area contributed by atoms with E-state index >= 15 is 0 Å². The summed E-state index contributed by atoms with van der Waals surface area (Å²) < 4.78 is 0. The maximum atomic E-state index is 11.0. The van der Waals surface area contributed by atoms with E-state index in [0.29, 0.717) is 11.4 Å². The van der Waals surface area contributed by atoms with E-state index in [4.69, 9.17) is 5.11 Å². The van der Waals surface area contributed by atoms with E-state index < -0.39 is 6.02 Å². The average molecular weight is 150 g/mol. The summed E-state index contributed by atoms with van der Waals surface area (Å²) in [6.07, 6.45) is 0. The Morgan fingerprint density at radius 2 is 2.09 bits per heavy atom. The Morgan fingerprint density at radius 3 is 2.82 bits per heavy atom. The summed E-state index contributed by atoms with van der Waals surface area (Å²) in [7, 11) is 0. The van der Waals surface area contributed by atoms with Crippen LogP contribution in [0.2, 0.25) is 0 Å². The van der Waals surface area contributed by atoms with Crippen molar-refractivity contribution in [2.75, 3.05) is 0 Å². The molecule has 1 aliphatic rings. The molecule has 1 aliphatic heterocycles. The van der Waals surface area contributed by atoms with Gasteiger partial charge in [-0.25, -0.2) is 0 Å². The molecule has 1 aromatic carbocycles. The van der Waals surface area contributed by atoms with Crippen LogP contribution in [0.15, 0.2) is 29.3 Å². The molecule has 0 bridgehead atoms. The number of fused-ring (bicyclic) bond motifs is 1. The SMILES string of the molecule is [O-][NH+]1C(O)=Nc2ccccc21. The van der Waals surface area contributed by atoms with Gasteiger partial charge in [0.2, 0.25) is 0 Å². The summed E-state index contributed by atoms with van der Waals surface area (Å²) in [5, 5.41) is 19.5. The summed E-state index contributed by atoms with van der Waals surface area (Å²) in [6, 6.07) is 6.44. The van der Waals surface area contributed by atoms with Gasteiger partial charge >= 0.3 is 6.02 Å². The Bertz CT molecular complexity index is 322. The lowest BCUT2D eigenvalue weighted by molar-refractivity contribution is -0.676. The van der Waals surface area contributed by atoms with Gasteiger partial charge in [0.05, 0.1) is 0 Å². The molecule has 1 aromatic rings. The fraction of sp³-hybridized carbons (Fsp3) is 0. The number of para-hydroxylation sites is 2. The summed E-state index contributed by atoms with van der Waals surface area (Å²) in [5.41, 5.74) is 1.03. The van der Waals surface area contributed by atoms with Crippen LogP contribution in [0.25, 0.3) is 0 Å². The first-order valence-electron chi connectivity index (χ1n) is 3.20. The minimum atomic E-state index is -0.411. The largest absolute Gasteiger partial charge is 0.620 e. The van der Waals surface area contributed by atoms with Crippen molar-refractivity contribution in [3.63, 3.8) is 0 Å². The van der Waals surface area contributed by atoms with Gasteiger partial charge in [-0.1, -0.05) is 12.1 Å². The number of aliphatic imine (C=N–C) groups is 1. The number of nitrogens with zero attached hydrogens (tertiary/aromatic N) is 1. The molecule has 4 heteroatoms. The van der Waals surface area contributed by atoms with Crippen molar-refractivity contribution in [2.45, 2.75) is 0 Å². The second-order valence-corrected chi connectivity index (χ2v) is 2.28. The molecule has 1 unspecified atom stereocenters. The van der Waals surface area contributed by atoms with Gasteiger partial charge in [0.25, 0.3) is 0 Å². The molecule has 4 nitrogen and oxygen atoms in total. The fourth-order valence-corrected chi connectivity index (χ4v) is 1.05. The van der Waals surface area contributed by atoms with Crippen LogP contribution in [0.1, 0.15) is 0 Å². The highest BCUT2D eigenvalue weighted by Crippen LogP contribution is 2.23. The Balaban J connectivity index is 2.58. The number of hydrogen-bond acceptors (Lipinski definition) is 2. The molecule has 1 heterocycles. The van der Waals surface area contributed by atoms with Crippen molar-refractivity contribution in [2.24, 2.45) is 4.99 Å². The molecular weight excluding hydrogens is 144 g/mol. The van der Waals surface area contributed by atoms with E-state index in [0.717, 1.165) is 0 Å². The average Bonchev–Trinajstić information content (AvgIpc) is 2.30. The number of rotatable bonds is 0. The van der Waals surface area contributed by atoms with Crippen molar-refractivity contribution in [3.8, 4) is 0 Å². The Morgan fingerprint density at radius 1 is 1.36 bits per heavy atom. The van der Waals surface area contributed by atoms with Crippen LogP contribution in [0.3, 0.4) is 0 Å². The van der Waals surface area contributed by atoms with Gasteiger partial charge in [-0.3, -0.25) is 5.06 Å². The number of nitrogens with one attached hydrogen (secondary N) is 1. The van der Waals surface area contributed by atoms with Gasteiger partial charge in [0.15, 0.2) is 5.69 Å². The maximum Gasteiger partial charge on any atom is 0.400 e. The van der Waals surface area contributed by atoms with Crippen LogP contribution in [-0.4, -0.2) is 11.1 Å². The van der Waals surface area contributed by atoms with Crippen molar-refractivity contribution in [1.82, 2.24) is 0 Å². The van der Waals surface area contributed by atoms with Gasteiger partial charge in [-0.05, 0) is 6.07 Å². The zero-order valence-electron chi connectivity index (χ0n) is 5.61. The van der Waals surface area contributed by atoms with E-state index in [9.17, 15) is 5.21 Å². The minimum absolute atomic E-state index is 0.388. The third-order valence-corrected chi connectivity index (χ3v) is 1.58. The first kappa shape index (κ1) is 6.33. The molecule has 0 saturated heterocycles. The Labute approximate surface area is 63.0 Å². The van der Waals surface area contributed by atoms with Crippen LogP contribution in [-0.2, 0) is 0 Å². The summed E-state index contributed by atoms with van der Waals surface area (Å²) >= 11 is 0. The predicted octanol–water partition coefficient (Wildman–Crippen LogP) is 0.260. The van der Waals surface area contributed by atoms with Crippen LogP contribution in [0.5, 0.6) is 0 Å². The van der Waals surface area contributed by atoms with Gasteiger partial charge in [0.1, 0.15) is 5.69 Å².